The standard InChI is InChI=1S/C42H28N4.C32H22N2.C11H8BrN/c1-3-11-29(12-4-1)33-26-38(30-13-5-2-6-14-30)44-42(27-33)45-24-22-32-25-36-35-15-7-8-17-39(35)46(41(36)28-40(32)45)34-20-18-31(19-21-34)37-16-9-10-23-43-37;1-3-9-22(10-4-1)26-19-30(23-11-5-2-6-12-23)33-32(21-26)34-16-15-25-18-29-27(20-31(25)34)17-24-13-7-8-14-28(24)29;12-10-6-4-9(5-7-10)11-3-1-2-8-13-11/h1-28H;1-16,18-21H,17H2;1-8H. The van der Waals surface area contributed by atoms with Gasteiger partial charge in [0.05, 0.1) is 44.8 Å². The van der Waals surface area contributed by atoms with E-state index in [-0.39, 0.29) is 0 Å². The van der Waals surface area contributed by atoms with Crippen LogP contribution in [0.4, 0.5) is 0 Å². The Bertz CT molecular complexity index is 5380. The highest BCUT2D eigenvalue weighted by Crippen LogP contribution is 2.41. The van der Waals surface area contributed by atoms with Crippen LogP contribution >= 0.6 is 15.9 Å². The number of halogens is 1. The molecule has 440 valence electrons. The molecule has 10 aromatic carbocycles. The lowest BCUT2D eigenvalue weighted by atomic mass is 10.0. The summed E-state index contributed by atoms with van der Waals surface area (Å²) in [7, 11) is 0. The van der Waals surface area contributed by atoms with E-state index in [4.69, 9.17) is 9.97 Å². The monoisotopic (exact) mass is 1260 g/mol. The summed E-state index contributed by atoms with van der Waals surface area (Å²) < 4.78 is 7.91. The van der Waals surface area contributed by atoms with Crippen molar-refractivity contribution < 1.29 is 0 Å². The normalized spacial score (nSPS) is 11.5. The first kappa shape index (κ1) is 56.4. The number of nitrogens with zero attached hydrogens (tertiary/aromatic N) is 7. The van der Waals surface area contributed by atoms with E-state index in [1.165, 1.54) is 66.0 Å². The van der Waals surface area contributed by atoms with Gasteiger partial charge in [-0.1, -0.05) is 216 Å². The number of para-hydroxylation sites is 1. The van der Waals surface area contributed by atoms with Gasteiger partial charge in [-0.05, 0) is 166 Å². The summed E-state index contributed by atoms with van der Waals surface area (Å²) in [4.78, 5) is 19.1. The topological polar surface area (TPSA) is 66.3 Å². The van der Waals surface area contributed by atoms with E-state index < -0.39 is 0 Å². The zero-order valence-electron chi connectivity index (χ0n) is 50.5. The highest BCUT2D eigenvalue weighted by molar-refractivity contribution is 9.10. The van der Waals surface area contributed by atoms with Crippen LogP contribution in [0.3, 0.4) is 0 Å². The van der Waals surface area contributed by atoms with Crippen LogP contribution in [0.15, 0.2) is 345 Å². The fraction of sp³-hybridized carbons (Fsp3) is 0.0118. The van der Waals surface area contributed by atoms with Crippen molar-refractivity contribution in [3.63, 3.8) is 0 Å². The minimum Gasteiger partial charge on any atom is -0.309 e. The van der Waals surface area contributed by atoms with Crippen LogP contribution in [0.5, 0.6) is 0 Å². The van der Waals surface area contributed by atoms with E-state index >= 15 is 0 Å². The molecule has 7 nitrogen and oxygen atoms in total. The molecule has 17 aromatic rings. The Morgan fingerprint density at radius 2 is 0.763 bits per heavy atom. The minimum atomic E-state index is 0.886. The van der Waals surface area contributed by atoms with Gasteiger partial charge < -0.3 is 13.7 Å². The average molecular weight is 1260 g/mol. The van der Waals surface area contributed by atoms with Gasteiger partial charge in [0, 0.05) is 78.7 Å². The van der Waals surface area contributed by atoms with Crippen molar-refractivity contribution >= 4 is 59.5 Å². The number of hydrogen-bond acceptors (Lipinski definition) is 4. The van der Waals surface area contributed by atoms with E-state index in [2.05, 4.69) is 295 Å². The Morgan fingerprint density at radius 3 is 1.32 bits per heavy atom. The number of benzene rings is 10. The van der Waals surface area contributed by atoms with Crippen LogP contribution in [-0.4, -0.2) is 33.6 Å². The molecular weight excluding hydrogens is 1200 g/mol. The third kappa shape index (κ3) is 11.3. The average Bonchev–Trinajstić information content (AvgIpc) is 1.61. The predicted molar refractivity (Wildman–Crippen MR) is 387 cm³/mol. The van der Waals surface area contributed by atoms with Crippen LogP contribution in [0, 0.1) is 0 Å². The molecule has 7 aromatic heterocycles. The van der Waals surface area contributed by atoms with Crippen molar-refractivity contribution in [3.8, 4) is 95.7 Å². The Morgan fingerprint density at radius 1 is 0.290 bits per heavy atom. The Hall–Kier alpha value is -11.8. The predicted octanol–water partition coefficient (Wildman–Crippen LogP) is 22.0. The van der Waals surface area contributed by atoms with Gasteiger partial charge in [0.25, 0.3) is 0 Å². The molecule has 0 saturated heterocycles. The second-order valence-corrected chi connectivity index (χ2v) is 24.1. The molecule has 0 aliphatic heterocycles. The molecule has 0 bridgehead atoms. The van der Waals surface area contributed by atoms with E-state index in [1.54, 1.807) is 6.20 Å². The summed E-state index contributed by atoms with van der Waals surface area (Å²) >= 11 is 3.40. The molecular formula is C85H58BrN7. The van der Waals surface area contributed by atoms with Gasteiger partial charge in [-0.15, -0.1) is 0 Å². The maximum Gasteiger partial charge on any atom is 0.138 e. The van der Waals surface area contributed by atoms with Crippen LogP contribution < -0.4 is 0 Å². The van der Waals surface area contributed by atoms with Crippen molar-refractivity contribution in [2.75, 3.05) is 0 Å². The first-order valence-electron chi connectivity index (χ1n) is 31.2. The molecule has 0 radical (unpaired) electrons. The number of rotatable bonds is 9. The summed E-state index contributed by atoms with van der Waals surface area (Å²) in [5, 5.41) is 4.87. The summed E-state index contributed by atoms with van der Waals surface area (Å²) in [6.07, 6.45) is 8.92. The Labute approximate surface area is 547 Å². The summed E-state index contributed by atoms with van der Waals surface area (Å²) in [6, 6.07) is 111. The number of hydrogen-bond donors (Lipinski definition) is 0. The van der Waals surface area contributed by atoms with Crippen LogP contribution in [0.1, 0.15) is 11.1 Å². The van der Waals surface area contributed by atoms with Crippen molar-refractivity contribution in [2.24, 2.45) is 0 Å². The third-order valence-corrected chi connectivity index (χ3v) is 18.0. The van der Waals surface area contributed by atoms with Gasteiger partial charge in [0.2, 0.25) is 0 Å². The van der Waals surface area contributed by atoms with Crippen molar-refractivity contribution in [1.82, 2.24) is 33.6 Å². The van der Waals surface area contributed by atoms with Crippen molar-refractivity contribution in [3.05, 3.63) is 356 Å². The maximum absolute atomic E-state index is 5.21. The third-order valence-electron chi connectivity index (χ3n) is 17.4. The molecule has 8 heteroatoms. The van der Waals surface area contributed by atoms with Gasteiger partial charge in [0.15, 0.2) is 0 Å². The van der Waals surface area contributed by atoms with Gasteiger partial charge in [-0.2, -0.15) is 0 Å². The molecule has 0 atom stereocenters. The zero-order chi connectivity index (χ0) is 62.0. The van der Waals surface area contributed by atoms with Crippen molar-refractivity contribution in [1.29, 1.82) is 0 Å². The molecule has 7 heterocycles. The van der Waals surface area contributed by atoms with E-state index in [0.29, 0.717) is 0 Å². The van der Waals surface area contributed by atoms with E-state index in [9.17, 15) is 0 Å². The SMILES string of the molecule is Brc1ccc(-c2ccccn2)cc1.c1ccc(-c2cc(-c3ccccc3)nc(-n3ccc4cc5c(cc43)Cc3ccccc3-5)c2)cc1.c1ccc(-c2cc(-c3ccccc3)nc(-n3ccc4cc5c6ccccc6n(-c6ccc(-c7ccccn7)cc6)c5cc43)c2)cc1. The molecule has 1 aliphatic carbocycles. The number of pyridine rings is 4. The second kappa shape index (κ2) is 24.9. The molecule has 93 heavy (non-hydrogen) atoms. The maximum atomic E-state index is 5.21. The van der Waals surface area contributed by atoms with Crippen molar-refractivity contribution in [2.45, 2.75) is 6.42 Å². The van der Waals surface area contributed by atoms with Gasteiger partial charge in [0.1, 0.15) is 11.6 Å². The molecule has 0 saturated carbocycles. The highest BCUT2D eigenvalue weighted by Gasteiger charge is 2.22. The lowest BCUT2D eigenvalue weighted by Gasteiger charge is -2.12. The lowest BCUT2D eigenvalue weighted by Crippen LogP contribution is -1.99. The van der Waals surface area contributed by atoms with Crippen LogP contribution in [0.25, 0.3) is 139 Å². The molecule has 0 N–H and O–H groups in total. The van der Waals surface area contributed by atoms with Gasteiger partial charge >= 0.3 is 0 Å². The Balaban J connectivity index is 0.000000127. The summed E-state index contributed by atoms with van der Waals surface area (Å²) in [6.45, 7) is 0. The highest BCUT2D eigenvalue weighted by atomic mass is 79.9. The first-order chi connectivity index (χ1) is 46.0. The van der Waals surface area contributed by atoms with Crippen LogP contribution in [-0.2, 0) is 6.42 Å². The fourth-order valence-electron chi connectivity index (χ4n) is 12.9. The largest absolute Gasteiger partial charge is 0.309 e. The molecule has 18 rings (SSSR count). The fourth-order valence-corrected chi connectivity index (χ4v) is 13.2. The molecule has 0 fully saturated rings. The minimum absolute atomic E-state index is 0.886. The van der Waals surface area contributed by atoms with Gasteiger partial charge in [-0.3, -0.25) is 9.97 Å². The van der Waals surface area contributed by atoms with Gasteiger partial charge in [-0.25, -0.2) is 9.97 Å². The summed E-state index contributed by atoms with van der Waals surface area (Å²) in [5.74, 6) is 1.82. The molecule has 1 aliphatic rings. The lowest BCUT2D eigenvalue weighted by molar-refractivity contribution is 1.05. The molecule has 0 amide bonds. The first-order valence-corrected chi connectivity index (χ1v) is 32.0. The quantitative estimate of drug-likeness (QED) is 0.144. The second-order valence-electron chi connectivity index (χ2n) is 23.2. The van der Waals surface area contributed by atoms with E-state index in [1.807, 2.05) is 79.0 Å². The smallest absolute Gasteiger partial charge is 0.138 e. The Kier molecular flexibility index (Phi) is 15.1. The molecule has 0 spiro atoms. The molecule has 0 unspecified atom stereocenters. The van der Waals surface area contributed by atoms with E-state index in [0.717, 1.165) is 95.4 Å². The summed E-state index contributed by atoms with van der Waals surface area (Å²) in [5.41, 5.74) is 24.3. The van der Waals surface area contributed by atoms with Crippen LogP contribution in [0.2, 0.25) is 0 Å². The zero-order valence-corrected chi connectivity index (χ0v) is 52.1. The number of aromatic nitrogens is 7. The number of fused-ring (bicyclic) bond motifs is 8.